The van der Waals surface area contributed by atoms with Crippen LogP contribution in [-0.4, -0.2) is 35.7 Å². The summed E-state index contributed by atoms with van der Waals surface area (Å²) in [5, 5.41) is 12.3. The number of H-pyrrole nitrogens is 1. The molecule has 4 aromatic rings. The number of hydrogen-bond donors (Lipinski definition) is 2. The highest BCUT2D eigenvalue weighted by molar-refractivity contribution is 5.93. The Balaban J connectivity index is 1.51. The van der Waals surface area contributed by atoms with E-state index in [0.717, 1.165) is 22.2 Å². The molecule has 8 nitrogen and oxygen atoms in total. The first kappa shape index (κ1) is 27.1. The van der Waals surface area contributed by atoms with Crippen molar-refractivity contribution in [2.75, 3.05) is 18.5 Å². The number of benzene rings is 3. The van der Waals surface area contributed by atoms with Gasteiger partial charge in [0, 0.05) is 0 Å². The van der Waals surface area contributed by atoms with Crippen LogP contribution in [0.25, 0.3) is 22.7 Å². The average molecular weight is 533 g/mol. The number of aryl methyl sites for hydroxylation is 2. The number of rotatable bonds is 10. The number of alkyl halides is 2. The third kappa shape index (κ3) is 6.70. The number of imidazole rings is 1. The number of para-hydroxylation sites is 2. The van der Waals surface area contributed by atoms with Gasteiger partial charge in [0.25, 0.3) is 5.91 Å². The van der Waals surface area contributed by atoms with Crippen LogP contribution >= 0.6 is 0 Å². The van der Waals surface area contributed by atoms with Crippen molar-refractivity contribution in [2.24, 2.45) is 0 Å². The molecule has 1 heterocycles. The number of aromatic amines is 1. The van der Waals surface area contributed by atoms with Crippen LogP contribution in [0.4, 0.5) is 14.5 Å². The molecule has 0 unspecified atom stereocenters. The van der Waals surface area contributed by atoms with E-state index in [1.165, 1.54) is 18.2 Å². The predicted octanol–water partition coefficient (Wildman–Crippen LogP) is 6.26. The lowest BCUT2D eigenvalue weighted by molar-refractivity contribution is -0.118. The second-order valence-electron chi connectivity index (χ2n) is 8.56. The van der Waals surface area contributed by atoms with Gasteiger partial charge in [0.2, 0.25) is 0 Å². The Hall–Kier alpha value is -4.91. The van der Waals surface area contributed by atoms with E-state index < -0.39 is 19.1 Å². The number of carbonyl (C=O) groups excluding carboxylic acids is 1. The SMILES string of the molecule is CCOc1cc(/C=C(\C#N)c2nc3cc(C)c(C)cc3[nH]2)ccc1OCC(=O)Nc1ccccc1OC(F)F. The number of amides is 1. The summed E-state index contributed by atoms with van der Waals surface area (Å²) >= 11 is 0. The lowest BCUT2D eigenvalue weighted by Gasteiger charge is -2.14. The van der Waals surface area contributed by atoms with Gasteiger partial charge in [-0.25, -0.2) is 4.98 Å². The van der Waals surface area contributed by atoms with Gasteiger partial charge >= 0.3 is 6.61 Å². The number of hydrogen-bond acceptors (Lipinski definition) is 6. The fraction of sp³-hybridized carbons (Fsp3) is 0.207. The van der Waals surface area contributed by atoms with Gasteiger partial charge in [0.15, 0.2) is 18.1 Å². The zero-order valence-corrected chi connectivity index (χ0v) is 21.5. The van der Waals surface area contributed by atoms with Crippen molar-refractivity contribution in [3.8, 4) is 23.3 Å². The molecule has 0 aliphatic carbocycles. The predicted molar refractivity (Wildman–Crippen MR) is 144 cm³/mol. The fourth-order valence-corrected chi connectivity index (χ4v) is 3.82. The average Bonchev–Trinajstić information content (AvgIpc) is 3.30. The number of nitrogens with zero attached hydrogens (tertiary/aromatic N) is 2. The molecule has 0 bridgehead atoms. The summed E-state index contributed by atoms with van der Waals surface area (Å²) in [7, 11) is 0. The molecular formula is C29H26F2N4O4. The molecule has 0 aliphatic rings. The minimum absolute atomic E-state index is 0.0943. The molecule has 2 N–H and O–H groups in total. The Morgan fingerprint density at radius 2 is 1.85 bits per heavy atom. The van der Waals surface area contributed by atoms with Gasteiger partial charge in [0.05, 0.1) is 28.9 Å². The summed E-state index contributed by atoms with van der Waals surface area (Å²) in [5.74, 6) is 0.385. The molecule has 1 amide bonds. The van der Waals surface area contributed by atoms with E-state index in [1.54, 1.807) is 37.3 Å². The molecule has 0 radical (unpaired) electrons. The number of anilines is 1. The number of fused-ring (bicyclic) bond motifs is 1. The topological polar surface area (TPSA) is 109 Å². The molecule has 0 saturated carbocycles. The molecule has 0 fully saturated rings. The number of nitrogens with one attached hydrogen (secondary N) is 2. The molecule has 0 aliphatic heterocycles. The Bertz CT molecular complexity index is 1530. The van der Waals surface area contributed by atoms with Crippen molar-refractivity contribution in [3.63, 3.8) is 0 Å². The van der Waals surface area contributed by atoms with Crippen LogP contribution in [-0.2, 0) is 4.79 Å². The number of allylic oxidation sites excluding steroid dienone is 1. The van der Waals surface area contributed by atoms with E-state index in [-0.39, 0.29) is 11.4 Å². The highest BCUT2D eigenvalue weighted by atomic mass is 19.3. The van der Waals surface area contributed by atoms with Crippen LogP contribution in [0.5, 0.6) is 17.2 Å². The fourth-order valence-electron chi connectivity index (χ4n) is 3.82. The normalized spacial score (nSPS) is 11.4. The Labute approximate surface area is 223 Å². The van der Waals surface area contributed by atoms with Crippen molar-refractivity contribution >= 4 is 34.3 Å². The van der Waals surface area contributed by atoms with Crippen LogP contribution in [0, 0.1) is 25.2 Å². The first-order valence-corrected chi connectivity index (χ1v) is 12.1. The van der Waals surface area contributed by atoms with Gasteiger partial charge in [-0.05, 0) is 79.9 Å². The Kier molecular flexibility index (Phi) is 8.41. The highest BCUT2D eigenvalue weighted by Gasteiger charge is 2.14. The van der Waals surface area contributed by atoms with Crippen LogP contribution in [0.3, 0.4) is 0 Å². The zero-order chi connectivity index (χ0) is 27.9. The van der Waals surface area contributed by atoms with Crippen LogP contribution < -0.4 is 19.5 Å². The van der Waals surface area contributed by atoms with Gasteiger partial charge in [-0.3, -0.25) is 4.79 Å². The maximum absolute atomic E-state index is 12.6. The number of nitriles is 1. The smallest absolute Gasteiger partial charge is 0.387 e. The van der Waals surface area contributed by atoms with E-state index >= 15 is 0 Å². The molecule has 0 atom stereocenters. The summed E-state index contributed by atoms with van der Waals surface area (Å²) < 4.78 is 41.0. The molecular weight excluding hydrogens is 506 g/mol. The van der Waals surface area contributed by atoms with Crippen molar-refractivity contribution in [3.05, 3.63) is 77.1 Å². The second kappa shape index (κ2) is 12.1. The monoisotopic (exact) mass is 532 g/mol. The van der Waals surface area contributed by atoms with Gasteiger partial charge in [0.1, 0.15) is 17.6 Å². The Morgan fingerprint density at radius 1 is 1.08 bits per heavy atom. The van der Waals surface area contributed by atoms with Crippen molar-refractivity contribution in [1.82, 2.24) is 9.97 Å². The van der Waals surface area contributed by atoms with Crippen molar-refractivity contribution < 1.29 is 27.8 Å². The lowest BCUT2D eigenvalue weighted by Crippen LogP contribution is -2.21. The van der Waals surface area contributed by atoms with Crippen molar-refractivity contribution in [1.29, 1.82) is 5.26 Å². The van der Waals surface area contributed by atoms with E-state index in [0.29, 0.717) is 35.1 Å². The molecule has 0 saturated heterocycles. The molecule has 4 rings (SSSR count). The minimum Gasteiger partial charge on any atom is -0.490 e. The van der Waals surface area contributed by atoms with Crippen LogP contribution in [0.1, 0.15) is 29.4 Å². The summed E-state index contributed by atoms with van der Waals surface area (Å²) in [6.45, 7) is 2.73. The molecule has 0 spiro atoms. The third-order valence-corrected chi connectivity index (χ3v) is 5.79. The summed E-state index contributed by atoms with van der Waals surface area (Å²) in [4.78, 5) is 20.2. The summed E-state index contributed by atoms with van der Waals surface area (Å²) in [6.07, 6.45) is 1.68. The first-order valence-electron chi connectivity index (χ1n) is 12.1. The molecule has 3 aromatic carbocycles. The molecule has 10 heteroatoms. The van der Waals surface area contributed by atoms with E-state index in [1.807, 2.05) is 26.0 Å². The minimum atomic E-state index is -3.03. The van der Waals surface area contributed by atoms with Gasteiger partial charge in [-0.1, -0.05) is 18.2 Å². The molecule has 1 aromatic heterocycles. The van der Waals surface area contributed by atoms with E-state index in [4.69, 9.17) is 9.47 Å². The van der Waals surface area contributed by atoms with Gasteiger partial charge in [-0.2, -0.15) is 14.0 Å². The lowest BCUT2D eigenvalue weighted by atomic mass is 10.1. The van der Waals surface area contributed by atoms with E-state index in [2.05, 4.69) is 26.1 Å². The number of halogens is 2. The summed E-state index contributed by atoms with van der Waals surface area (Å²) in [6, 6.07) is 17.1. The molecule has 39 heavy (non-hydrogen) atoms. The maximum atomic E-state index is 12.6. The van der Waals surface area contributed by atoms with Crippen LogP contribution in [0.15, 0.2) is 54.6 Å². The quantitative estimate of drug-likeness (QED) is 0.233. The number of ether oxygens (including phenoxy) is 3. The molecule has 200 valence electrons. The van der Waals surface area contributed by atoms with Gasteiger partial charge < -0.3 is 24.5 Å². The largest absolute Gasteiger partial charge is 0.490 e. The maximum Gasteiger partial charge on any atom is 0.387 e. The second-order valence-corrected chi connectivity index (χ2v) is 8.56. The van der Waals surface area contributed by atoms with Crippen LogP contribution in [0.2, 0.25) is 0 Å². The number of aromatic nitrogens is 2. The van der Waals surface area contributed by atoms with Gasteiger partial charge in [-0.15, -0.1) is 0 Å². The third-order valence-electron chi connectivity index (χ3n) is 5.79. The summed E-state index contributed by atoms with van der Waals surface area (Å²) in [5.41, 5.74) is 4.94. The Morgan fingerprint density at radius 3 is 2.59 bits per heavy atom. The highest BCUT2D eigenvalue weighted by Crippen LogP contribution is 2.31. The first-order chi connectivity index (χ1) is 18.8. The van der Waals surface area contributed by atoms with E-state index in [9.17, 15) is 18.8 Å². The zero-order valence-electron chi connectivity index (χ0n) is 21.5. The van der Waals surface area contributed by atoms with Crippen molar-refractivity contribution in [2.45, 2.75) is 27.4 Å². The standard InChI is InChI=1S/C29H26F2N4O4/c1-4-37-26-14-19(13-20(15-32)28-34-22-11-17(2)18(3)12-23(22)35-28)9-10-25(26)38-16-27(36)33-21-7-5-6-8-24(21)39-29(30)31/h5-14,29H,4,16H2,1-3H3,(H,33,36)(H,34,35)/b20-13+. The number of carbonyl (C=O) groups is 1.